The average Bonchev–Trinajstić information content (AvgIpc) is 2.65. The van der Waals surface area contributed by atoms with Crippen molar-refractivity contribution in [3.8, 4) is 0 Å². The third-order valence-corrected chi connectivity index (χ3v) is 4.00. The molecule has 0 saturated carbocycles. The second-order valence-electron chi connectivity index (χ2n) is 4.45. The quantitative estimate of drug-likeness (QED) is 0.301. The third-order valence-electron chi connectivity index (χ3n) is 3.05. The Hall–Kier alpha value is -1.33. The largest absolute Gasteiger partial charge is 0.394 e. The number of nitrogens with one attached hydrogen (secondary N) is 1. The predicted octanol–water partition coefficient (Wildman–Crippen LogP) is -4.05. The number of ether oxygens (including phenoxy) is 1. The van der Waals surface area contributed by atoms with Gasteiger partial charge in [-0.1, -0.05) is 0 Å². The second kappa shape index (κ2) is 5.46. The van der Waals surface area contributed by atoms with Crippen LogP contribution in [0.2, 0.25) is 0 Å². The summed E-state index contributed by atoms with van der Waals surface area (Å²) in [4.78, 5) is 42.8. The van der Waals surface area contributed by atoms with Crippen LogP contribution in [0.1, 0.15) is 6.23 Å². The van der Waals surface area contributed by atoms with Gasteiger partial charge in [-0.05, 0) is 0 Å². The lowest BCUT2D eigenvalue weighted by molar-refractivity contribution is -0.0549. The number of aliphatic hydroxyl groups is 3. The fourth-order valence-electron chi connectivity index (χ4n) is 1.98. The molecular formula is C9H13N2O9P. The Morgan fingerprint density at radius 1 is 1.29 bits per heavy atom. The molecule has 1 fully saturated rings. The molecule has 0 radical (unpaired) electrons. The van der Waals surface area contributed by atoms with Gasteiger partial charge in [-0.3, -0.25) is 18.9 Å². The van der Waals surface area contributed by atoms with Crippen LogP contribution in [0.25, 0.3) is 0 Å². The molecular weight excluding hydrogens is 311 g/mol. The van der Waals surface area contributed by atoms with Gasteiger partial charge in [0, 0.05) is 6.20 Å². The molecule has 118 valence electrons. The van der Waals surface area contributed by atoms with Gasteiger partial charge in [0.1, 0.15) is 23.6 Å². The van der Waals surface area contributed by atoms with E-state index < -0.39 is 55.3 Å². The standard InChI is InChI=1S/C9H13N2O9P/c12-2-3-5(13)6(14)8(20-3)11-1-4(21(17,18)19)7(15)10-9(11)16/h1,3,5-6,8,12-14H,2H2,(H,10,15,16)(H2,17,18,19)/t3-,5-,6-,8-/m1/s1. The molecule has 0 spiro atoms. The van der Waals surface area contributed by atoms with E-state index >= 15 is 0 Å². The number of H-pyrrole nitrogens is 1. The van der Waals surface area contributed by atoms with E-state index in [1.165, 1.54) is 0 Å². The topological polar surface area (TPSA) is 182 Å². The van der Waals surface area contributed by atoms with Crippen molar-refractivity contribution < 1.29 is 34.4 Å². The van der Waals surface area contributed by atoms with Crippen LogP contribution in [-0.2, 0) is 9.30 Å². The Labute approximate surface area is 116 Å². The van der Waals surface area contributed by atoms with E-state index in [1.54, 1.807) is 4.98 Å². The zero-order valence-electron chi connectivity index (χ0n) is 10.4. The first-order valence-electron chi connectivity index (χ1n) is 5.71. The summed E-state index contributed by atoms with van der Waals surface area (Å²) >= 11 is 0. The summed E-state index contributed by atoms with van der Waals surface area (Å²) in [6, 6.07) is 0. The minimum atomic E-state index is -4.95. The maximum atomic E-state index is 11.7. The van der Waals surface area contributed by atoms with Crippen LogP contribution in [0.5, 0.6) is 0 Å². The number of aliphatic hydroxyl groups excluding tert-OH is 3. The molecule has 1 aliphatic rings. The van der Waals surface area contributed by atoms with Crippen molar-refractivity contribution in [3.05, 3.63) is 27.0 Å². The molecule has 2 heterocycles. The molecule has 0 unspecified atom stereocenters. The van der Waals surface area contributed by atoms with Crippen molar-refractivity contribution in [1.82, 2.24) is 9.55 Å². The van der Waals surface area contributed by atoms with Crippen LogP contribution in [0.4, 0.5) is 0 Å². The Kier molecular flexibility index (Phi) is 4.17. The van der Waals surface area contributed by atoms with Crippen LogP contribution in [-0.4, -0.2) is 59.6 Å². The van der Waals surface area contributed by atoms with Crippen LogP contribution < -0.4 is 16.6 Å². The first-order valence-corrected chi connectivity index (χ1v) is 7.32. The van der Waals surface area contributed by atoms with Gasteiger partial charge in [0.25, 0.3) is 5.56 Å². The van der Waals surface area contributed by atoms with Gasteiger partial charge in [0.2, 0.25) is 0 Å². The summed E-state index contributed by atoms with van der Waals surface area (Å²) < 4.78 is 16.8. The molecule has 0 aliphatic carbocycles. The maximum absolute atomic E-state index is 11.7. The normalized spacial score (nSPS) is 29.8. The summed E-state index contributed by atoms with van der Waals surface area (Å²) in [6.07, 6.45) is -5.26. The smallest absolute Gasteiger partial charge is 0.363 e. The van der Waals surface area contributed by atoms with Crippen LogP contribution in [0.15, 0.2) is 15.8 Å². The Bertz CT molecular complexity index is 691. The van der Waals surface area contributed by atoms with Crippen molar-refractivity contribution in [3.63, 3.8) is 0 Å². The van der Waals surface area contributed by atoms with E-state index in [0.717, 1.165) is 0 Å². The van der Waals surface area contributed by atoms with Gasteiger partial charge in [0.05, 0.1) is 6.61 Å². The molecule has 2 rings (SSSR count). The Morgan fingerprint density at radius 2 is 1.90 bits per heavy atom. The SMILES string of the molecule is O=c1[nH]c(=O)n([C@@H]2O[C@H](CO)[C@@H](O)[C@H]2O)cc1P(=O)(O)O. The van der Waals surface area contributed by atoms with E-state index in [4.69, 9.17) is 19.6 Å². The highest BCUT2D eigenvalue weighted by Gasteiger charge is 2.44. The van der Waals surface area contributed by atoms with Crippen molar-refractivity contribution >= 4 is 12.9 Å². The molecule has 21 heavy (non-hydrogen) atoms. The van der Waals surface area contributed by atoms with E-state index in [-0.39, 0.29) is 0 Å². The molecule has 1 aromatic rings. The molecule has 0 aromatic carbocycles. The Balaban J connectivity index is 2.53. The number of rotatable bonds is 3. The highest BCUT2D eigenvalue weighted by atomic mass is 31.2. The molecule has 1 aliphatic heterocycles. The molecule has 12 heteroatoms. The highest BCUT2D eigenvalue weighted by Crippen LogP contribution is 2.32. The average molecular weight is 324 g/mol. The first-order chi connectivity index (χ1) is 9.66. The number of aromatic amines is 1. The van der Waals surface area contributed by atoms with Gasteiger partial charge >= 0.3 is 13.3 Å². The van der Waals surface area contributed by atoms with Gasteiger partial charge < -0.3 is 29.8 Å². The van der Waals surface area contributed by atoms with Crippen LogP contribution >= 0.6 is 7.60 Å². The molecule has 0 amide bonds. The second-order valence-corrected chi connectivity index (χ2v) is 6.02. The van der Waals surface area contributed by atoms with Crippen molar-refractivity contribution in [2.24, 2.45) is 0 Å². The predicted molar refractivity (Wildman–Crippen MR) is 66.0 cm³/mol. The molecule has 4 atom stereocenters. The molecule has 11 nitrogen and oxygen atoms in total. The van der Waals surface area contributed by atoms with E-state index in [2.05, 4.69) is 0 Å². The van der Waals surface area contributed by atoms with E-state index in [1.807, 2.05) is 0 Å². The number of nitrogens with zero attached hydrogens (tertiary/aromatic N) is 1. The van der Waals surface area contributed by atoms with Crippen LogP contribution in [0.3, 0.4) is 0 Å². The Morgan fingerprint density at radius 3 is 2.38 bits per heavy atom. The van der Waals surface area contributed by atoms with Gasteiger partial charge in [-0.25, -0.2) is 4.79 Å². The maximum Gasteiger partial charge on any atom is 0.363 e. The van der Waals surface area contributed by atoms with Crippen molar-refractivity contribution in [1.29, 1.82) is 0 Å². The zero-order valence-corrected chi connectivity index (χ0v) is 11.3. The third kappa shape index (κ3) is 2.85. The fraction of sp³-hybridized carbons (Fsp3) is 0.556. The lowest BCUT2D eigenvalue weighted by Crippen LogP contribution is -2.43. The minimum absolute atomic E-state index is 0.541. The number of aromatic nitrogens is 2. The number of hydrogen-bond acceptors (Lipinski definition) is 7. The molecule has 1 saturated heterocycles. The summed E-state index contributed by atoms with van der Waals surface area (Å²) in [5.41, 5.74) is -2.36. The summed E-state index contributed by atoms with van der Waals surface area (Å²) in [6.45, 7) is -0.641. The van der Waals surface area contributed by atoms with Crippen LogP contribution in [0, 0.1) is 0 Å². The number of hydrogen-bond donors (Lipinski definition) is 6. The summed E-state index contributed by atoms with van der Waals surface area (Å²) in [5.74, 6) is 0. The molecule has 0 bridgehead atoms. The monoisotopic (exact) mass is 324 g/mol. The zero-order chi connectivity index (χ0) is 15.9. The highest BCUT2D eigenvalue weighted by molar-refractivity contribution is 7.60. The first kappa shape index (κ1) is 16.0. The van der Waals surface area contributed by atoms with Crippen molar-refractivity contribution in [2.45, 2.75) is 24.5 Å². The minimum Gasteiger partial charge on any atom is -0.394 e. The molecule has 1 aromatic heterocycles. The van der Waals surface area contributed by atoms with E-state index in [0.29, 0.717) is 10.8 Å². The summed E-state index contributed by atoms with van der Waals surface area (Å²) in [5, 5.41) is 27.3. The van der Waals surface area contributed by atoms with Gasteiger partial charge in [-0.15, -0.1) is 0 Å². The fourth-order valence-corrected chi connectivity index (χ4v) is 2.58. The molecule has 6 N–H and O–H groups in total. The van der Waals surface area contributed by atoms with Gasteiger partial charge in [0.15, 0.2) is 6.23 Å². The van der Waals surface area contributed by atoms with E-state index in [9.17, 15) is 24.4 Å². The van der Waals surface area contributed by atoms with Gasteiger partial charge in [-0.2, -0.15) is 0 Å². The summed E-state index contributed by atoms with van der Waals surface area (Å²) in [7, 11) is -4.95. The lowest BCUT2D eigenvalue weighted by atomic mass is 10.1. The van der Waals surface area contributed by atoms with Crippen molar-refractivity contribution in [2.75, 3.05) is 6.61 Å². The lowest BCUT2D eigenvalue weighted by Gasteiger charge is -2.18.